The first-order chi connectivity index (χ1) is 25.8. The van der Waals surface area contributed by atoms with Gasteiger partial charge in [-0.05, 0) is 92.9 Å². The van der Waals surface area contributed by atoms with Crippen LogP contribution in [0.1, 0.15) is 52.8 Å². The third-order valence-corrected chi connectivity index (χ3v) is 10.7. The highest BCUT2D eigenvalue weighted by molar-refractivity contribution is 6.10. The summed E-state index contributed by atoms with van der Waals surface area (Å²) in [6, 6.07) is 57.0. The smallest absolute Gasteiger partial charge is 0.0541 e. The number of para-hydroxylation sites is 1. The van der Waals surface area contributed by atoms with E-state index in [4.69, 9.17) is 0 Å². The first kappa shape index (κ1) is 33.7. The molecule has 7 aromatic carbocycles. The molecule has 0 N–H and O–H groups in total. The summed E-state index contributed by atoms with van der Waals surface area (Å²) >= 11 is 0. The second kappa shape index (κ2) is 13.9. The van der Waals surface area contributed by atoms with E-state index < -0.39 is 0 Å². The van der Waals surface area contributed by atoms with Crippen molar-refractivity contribution in [3.63, 3.8) is 0 Å². The molecule has 1 heterocycles. The van der Waals surface area contributed by atoms with Gasteiger partial charge in [-0.25, -0.2) is 0 Å². The summed E-state index contributed by atoms with van der Waals surface area (Å²) in [5, 5.41) is 2.52. The van der Waals surface area contributed by atoms with Crippen molar-refractivity contribution in [2.24, 2.45) is 0 Å². The van der Waals surface area contributed by atoms with Crippen molar-refractivity contribution >= 4 is 46.1 Å². The lowest BCUT2D eigenvalue weighted by Gasteiger charge is -2.21. The molecule has 1 nitrogen and oxygen atoms in total. The number of rotatable bonds is 6. The van der Waals surface area contributed by atoms with E-state index in [1.54, 1.807) is 0 Å². The maximum Gasteiger partial charge on any atom is 0.0541 e. The lowest BCUT2D eigenvalue weighted by atomic mass is 9.82. The van der Waals surface area contributed by atoms with E-state index in [1.165, 1.54) is 77.4 Å². The van der Waals surface area contributed by atoms with Crippen LogP contribution in [0.3, 0.4) is 0 Å². The van der Waals surface area contributed by atoms with Crippen LogP contribution < -0.4 is 0 Å². The monoisotopic (exact) mass is 681 g/mol. The molecule has 1 aliphatic carbocycles. The fraction of sp³-hybridized carbons (Fsp3) is 0.0769. The van der Waals surface area contributed by atoms with Gasteiger partial charge in [-0.2, -0.15) is 0 Å². The molecule has 0 unspecified atom stereocenters. The summed E-state index contributed by atoms with van der Waals surface area (Å²) in [4.78, 5) is 0. The lowest BCUT2D eigenvalue weighted by molar-refractivity contribution is 0.660. The zero-order valence-corrected chi connectivity index (χ0v) is 30.7. The van der Waals surface area contributed by atoms with Gasteiger partial charge < -0.3 is 4.57 Å². The molecule has 8 aromatic rings. The molecule has 0 saturated carbocycles. The number of hydrogen-bond donors (Lipinski definition) is 0. The quantitative estimate of drug-likeness (QED) is 0.154. The molecule has 9 rings (SSSR count). The van der Waals surface area contributed by atoms with E-state index in [-0.39, 0.29) is 5.41 Å². The van der Waals surface area contributed by atoms with E-state index in [2.05, 4.69) is 208 Å². The predicted molar refractivity (Wildman–Crippen MR) is 231 cm³/mol. The lowest BCUT2D eigenvalue weighted by Crippen LogP contribution is -2.14. The molecule has 0 radical (unpaired) electrons. The van der Waals surface area contributed by atoms with Crippen LogP contribution in [0, 0.1) is 6.92 Å². The van der Waals surface area contributed by atoms with Crippen LogP contribution in [0.5, 0.6) is 0 Å². The average molecular weight is 682 g/mol. The van der Waals surface area contributed by atoms with Crippen LogP contribution in [0.15, 0.2) is 171 Å². The van der Waals surface area contributed by atoms with Gasteiger partial charge in [-0.3, -0.25) is 0 Å². The molecule has 0 amide bonds. The normalized spacial score (nSPS) is 12.7. The zero-order chi connectivity index (χ0) is 36.5. The first-order valence-corrected chi connectivity index (χ1v) is 18.3. The van der Waals surface area contributed by atoms with E-state index in [0.717, 1.165) is 11.3 Å². The summed E-state index contributed by atoms with van der Waals surface area (Å²) in [5.74, 6) is 0. The van der Waals surface area contributed by atoms with Crippen molar-refractivity contribution in [1.82, 2.24) is 4.57 Å². The maximum absolute atomic E-state index is 3.90. The third-order valence-electron chi connectivity index (χ3n) is 10.7. The molecule has 0 atom stereocenters. The van der Waals surface area contributed by atoms with Crippen molar-refractivity contribution in [1.29, 1.82) is 0 Å². The molecular weight excluding hydrogens is 639 g/mol. The third kappa shape index (κ3) is 6.36. The van der Waals surface area contributed by atoms with Gasteiger partial charge >= 0.3 is 0 Å². The summed E-state index contributed by atoms with van der Waals surface area (Å²) in [5.41, 5.74) is 17.6. The molecule has 1 aromatic heterocycles. The molecule has 256 valence electrons. The highest BCUT2D eigenvalue weighted by atomic mass is 15.0. The molecule has 0 aliphatic heterocycles. The van der Waals surface area contributed by atoms with Crippen LogP contribution in [-0.4, -0.2) is 4.57 Å². The highest BCUT2D eigenvalue weighted by Gasteiger charge is 2.34. The Hall–Kier alpha value is -6.44. The Labute approximate surface area is 313 Å². The summed E-state index contributed by atoms with van der Waals surface area (Å²) in [7, 11) is 0. The summed E-state index contributed by atoms with van der Waals surface area (Å²) in [6.45, 7) is 14.3. The SMILES string of the molecule is C=Cc1ccc(-n2c3ccccc3c3cc(-c4ccc(/C=C/c5ccc6c(c5)C(C)(C)c5ccccc5-6)cc4)ccc32)cc1.C=Cc1ccc(C)cc1. The number of aryl methyl sites for hydroxylation is 1. The molecule has 0 spiro atoms. The first-order valence-electron chi connectivity index (χ1n) is 18.3. The van der Waals surface area contributed by atoms with Crippen LogP contribution in [0.25, 0.3) is 74.1 Å². The average Bonchev–Trinajstić information content (AvgIpc) is 3.65. The predicted octanol–water partition coefficient (Wildman–Crippen LogP) is 14.2. The molecule has 53 heavy (non-hydrogen) atoms. The minimum absolute atomic E-state index is 0.0148. The van der Waals surface area contributed by atoms with Crippen molar-refractivity contribution < 1.29 is 0 Å². The van der Waals surface area contributed by atoms with Crippen LogP contribution >= 0.6 is 0 Å². The minimum Gasteiger partial charge on any atom is -0.309 e. The fourth-order valence-electron chi connectivity index (χ4n) is 7.70. The zero-order valence-electron chi connectivity index (χ0n) is 30.7. The van der Waals surface area contributed by atoms with Gasteiger partial charge in [0.1, 0.15) is 0 Å². The van der Waals surface area contributed by atoms with E-state index in [9.17, 15) is 0 Å². The number of fused-ring (bicyclic) bond motifs is 6. The largest absolute Gasteiger partial charge is 0.309 e. The van der Waals surface area contributed by atoms with Gasteiger partial charge in [0, 0.05) is 21.9 Å². The van der Waals surface area contributed by atoms with Gasteiger partial charge in [0.25, 0.3) is 0 Å². The molecule has 1 heteroatoms. The topological polar surface area (TPSA) is 4.93 Å². The van der Waals surface area contributed by atoms with Gasteiger partial charge in [0.2, 0.25) is 0 Å². The number of nitrogens with zero attached hydrogens (tertiary/aromatic N) is 1. The summed E-state index contributed by atoms with van der Waals surface area (Å²) < 4.78 is 2.36. The Bertz CT molecular complexity index is 2640. The van der Waals surface area contributed by atoms with Gasteiger partial charge in [-0.15, -0.1) is 0 Å². The van der Waals surface area contributed by atoms with Crippen LogP contribution in [0.4, 0.5) is 0 Å². The fourth-order valence-corrected chi connectivity index (χ4v) is 7.70. The van der Waals surface area contributed by atoms with Gasteiger partial charge in [0.15, 0.2) is 0 Å². The highest BCUT2D eigenvalue weighted by Crippen LogP contribution is 2.48. The number of hydrogen-bond acceptors (Lipinski definition) is 0. The molecule has 0 saturated heterocycles. The van der Waals surface area contributed by atoms with Crippen molar-refractivity contribution in [3.05, 3.63) is 210 Å². The van der Waals surface area contributed by atoms with Gasteiger partial charge in [0.05, 0.1) is 11.0 Å². The Morgan fingerprint density at radius 2 is 1.04 bits per heavy atom. The molecular formula is C52H43N. The molecule has 0 bridgehead atoms. The second-order valence-corrected chi connectivity index (χ2v) is 14.4. The number of aromatic nitrogens is 1. The van der Waals surface area contributed by atoms with E-state index in [0.29, 0.717) is 0 Å². The Kier molecular flexibility index (Phi) is 8.86. The molecule has 0 fully saturated rings. The Morgan fingerprint density at radius 3 is 1.77 bits per heavy atom. The van der Waals surface area contributed by atoms with Gasteiger partial charge in [-0.1, -0.05) is 184 Å². The van der Waals surface area contributed by atoms with Crippen LogP contribution in [-0.2, 0) is 5.41 Å². The number of benzene rings is 7. The van der Waals surface area contributed by atoms with E-state index in [1.807, 2.05) is 12.2 Å². The second-order valence-electron chi connectivity index (χ2n) is 14.4. The van der Waals surface area contributed by atoms with Crippen LogP contribution in [0.2, 0.25) is 0 Å². The Balaban J connectivity index is 0.000000391. The standard InChI is InChI=1S/C43H33N.C9H10/c1-4-29-17-23-34(24-18-29)44-41-12-8-6-10-37(41)38-28-33(22-26-42(38)44)32-20-15-30(16-21-32)13-14-31-19-25-36-35-9-5-7-11-39(35)43(2,3)40(36)27-31;1-3-9-6-4-8(2)5-7-9/h4-28H,1H2,2-3H3;3-7H,1H2,2H3/b14-13+;. The van der Waals surface area contributed by atoms with Crippen molar-refractivity contribution in [2.45, 2.75) is 26.2 Å². The summed E-state index contributed by atoms with van der Waals surface area (Å²) in [6.07, 6.45) is 8.18. The van der Waals surface area contributed by atoms with Crippen molar-refractivity contribution in [2.75, 3.05) is 0 Å². The van der Waals surface area contributed by atoms with Crippen molar-refractivity contribution in [3.8, 4) is 27.9 Å². The molecule has 1 aliphatic rings. The minimum atomic E-state index is 0.0148. The maximum atomic E-state index is 3.90. The Morgan fingerprint density at radius 1 is 0.472 bits per heavy atom. The van der Waals surface area contributed by atoms with E-state index >= 15 is 0 Å².